The van der Waals surface area contributed by atoms with E-state index in [9.17, 15) is 0 Å². The molecule has 0 fully saturated rings. The first-order valence-corrected chi connectivity index (χ1v) is 4.63. The van der Waals surface area contributed by atoms with Gasteiger partial charge in [-0.05, 0) is 36.2 Å². The fourth-order valence-corrected chi connectivity index (χ4v) is 1.10. The summed E-state index contributed by atoms with van der Waals surface area (Å²) in [5.41, 5.74) is 9.64. The summed E-state index contributed by atoms with van der Waals surface area (Å²) in [6, 6.07) is 4.85. The third-order valence-corrected chi connectivity index (χ3v) is 1.78. The van der Waals surface area contributed by atoms with Crippen LogP contribution in [0.5, 0.6) is 5.75 Å². The smallest absolute Gasteiger partial charge is 0.130 e. The number of azide groups is 1. The van der Waals surface area contributed by atoms with Gasteiger partial charge in [0.15, 0.2) is 0 Å². The van der Waals surface area contributed by atoms with Gasteiger partial charge in [0.05, 0.1) is 5.69 Å². The Bertz CT molecular complexity index is 425. The summed E-state index contributed by atoms with van der Waals surface area (Å²) < 4.78 is 5.38. The summed E-state index contributed by atoms with van der Waals surface area (Å²) in [5, 5.41) is 4.02. The Balaban J connectivity index is 2.96. The van der Waals surface area contributed by atoms with Crippen molar-refractivity contribution >= 4 is 17.3 Å². The molecule has 1 rings (SSSR count). The number of halogens is 1. The zero-order chi connectivity index (χ0) is 11.3. The van der Waals surface area contributed by atoms with Gasteiger partial charge in [-0.2, -0.15) is 0 Å². The van der Waals surface area contributed by atoms with Gasteiger partial charge in [0.25, 0.3) is 0 Å². The molecule has 0 aromatic heterocycles. The van der Waals surface area contributed by atoms with Crippen LogP contribution in [0.25, 0.3) is 10.4 Å². The average Bonchev–Trinajstić information content (AvgIpc) is 2.18. The third kappa shape index (κ3) is 3.54. The van der Waals surface area contributed by atoms with Crippen LogP contribution in [0.3, 0.4) is 0 Å². The molecule has 5 heteroatoms. The summed E-state index contributed by atoms with van der Waals surface area (Å²) >= 11 is 5.80. The third-order valence-electron chi connectivity index (χ3n) is 1.55. The second kappa shape index (κ2) is 5.29. The van der Waals surface area contributed by atoms with E-state index < -0.39 is 0 Å². The maximum Gasteiger partial charge on any atom is 0.130 e. The van der Waals surface area contributed by atoms with E-state index in [2.05, 4.69) is 16.6 Å². The number of benzene rings is 1. The van der Waals surface area contributed by atoms with Crippen LogP contribution in [0, 0.1) is 0 Å². The van der Waals surface area contributed by atoms with Crippen LogP contribution in [-0.4, -0.2) is 6.61 Å². The van der Waals surface area contributed by atoms with Crippen LogP contribution in [0.4, 0.5) is 5.69 Å². The fourth-order valence-electron chi connectivity index (χ4n) is 0.935. The van der Waals surface area contributed by atoms with Gasteiger partial charge < -0.3 is 4.74 Å². The van der Waals surface area contributed by atoms with Crippen molar-refractivity contribution in [3.05, 3.63) is 45.8 Å². The minimum atomic E-state index is 0.369. The number of hydrogen-bond donors (Lipinski definition) is 0. The molecule has 0 amide bonds. The minimum Gasteiger partial charge on any atom is -0.489 e. The van der Waals surface area contributed by atoms with E-state index in [1.54, 1.807) is 18.2 Å². The molecule has 1 aromatic carbocycles. The van der Waals surface area contributed by atoms with E-state index in [4.69, 9.17) is 21.9 Å². The lowest BCUT2D eigenvalue weighted by Crippen LogP contribution is -1.97. The monoisotopic (exact) mass is 223 g/mol. The number of rotatable bonds is 4. The lowest BCUT2D eigenvalue weighted by molar-refractivity contribution is 0.354. The lowest BCUT2D eigenvalue weighted by Gasteiger charge is -2.08. The normalized spacial score (nSPS) is 9.20. The molecular weight excluding hydrogens is 214 g/mol. The van der Waals surface area contributed by atoms with Crippen LogP contribution in [0.15, 0.2) is 35.5 Å². The van der Waals surface area contributed by atoms with Gasteiger partial charge in [-0.1, -0.05) is 23.3 Å². The second-order valence-corrected chi connectivity index (χ2v) is 3.48. The molecule has 0 heterocycles. The predicted octanol–water partition coefficient (Wildman–Crippen LogP) is 4.24. The maximum atomic E-state index is 8.34. The Kier molecular flexibility index (Phi) is 4.03. The molecule has 0 saturated carbocycles. The Morgan fingerprint density at radius 1 is 1.67 bits per heavy atom. The number of nitrogens with zero attached hydrogens (tertiary/aromatic N) is 3. The van der Waals surface area contributed by atoms with Gasteiger partial charge >= 0.3 is 0 Å². The molecule has 15 heavy (non-hydrogen) atoms. The van der Waals surface area contributed by atoms with Crippen molar-refractivity contribution in [3.63, 3.8) is 0 Å². The van der Waals surface area contributed by atoms with Crippen molar-refractivity contribution in [1.29, 1.82) is 0 Å². The first kappa shape index (κ1) is 11.4. The summed E-state index contributed by atoms with van der Waals surface area (Å²) in [6.45, 7) is 5.92. The highest BCUT2D eigenvalue weighted by atomic mass is 35.5. The van der Waals surface area contributed by atoms with Gasteiger partial charge in [-0.25, -0.2) is 0 Å². The molecule has 0 radical (unpaired) electrons. The van der Waals surface area contributed by atoms with Crippen LogP contribution >= 0.6 is 11.6 Å². The summed E-state index contributed by atoms with van der Waals surface area (Å²) in [5.74, 6) is 0.461. The molecule has 0 aliphatic carbocycles. The number of hydrogen-bond acceptors (Lipinski definition) is 2. The Morgan fingerprint density at radius 3 is 3.00 bits per heavy atom. The molecule has 0 unspecified atom stereocenters. The van der Waals surface area contributed by atoms with Crippen molar-refractivity contribution in [2.24, 2.45) is 5.11 Å². The van der Waals surface area contributed by atoms with Gasteiger partial charge in [0, 0.05) is 9.93 Å². The minimum absolute atomic E-state index is 0.369. The molecule has 0 spiro atoms. The Hall–Kier alpha value is -1.64. The highest BCUT2D eigenvalue weighted by molar-refractivity contribution is 6.30. The van der Waals surface area contributed by atoms with Gasteiger partial charge in [0.1, 0.15) is 12.4 Å². The van der Waals surface area contributed by atoms with E-state index in [-0.39, 0.29) is 0 Å². The quantitative estimate of drug-likeness (QED) is 0.326. The van der Waals surface area contributed by atoms with Crippen molar-refractivity contribution in [1.82, 2.24) is 0 Å². The molecule has 1 aromatic rings. The second-order valence-electron chi connectivity index (χ2n) is 3.05. The molecule has 0 atom stereocenters. The molecule has 0 aliphatic heterocycles. The van der Waals surface area contributed by atoms with E-state index in [1.165, 1.54) is 0 Å². The van der Waals surface area contributed by atoms with Crippen molar-refractivity contribution in [3.8, 4) is 5.75 Å². The van der Waals surface area contributed by atoms with Crippen molar-refractivity contribution in [2.45, 2.75) is 6.92 Å². The highest BCUT2D eigenvalue weighted by Gasteiger charge is 2.02. The first-order valence-electron chi connectivity index (χ1n) is 4.25. The van der Waals surface area contributed by atoms with E-state index in [1.807, 2.05) is 6.92 Å². The molecule has 0 N–H and O–H groups in total. The summed E-state index contributed by atoms with van der Waals surface area (Å²) in [6.07, 6.45) is 0. The SMILES string of the molecule is C=C(C)COc1cc(Cl)ccc1N=[N+]=[N-]. The van der Waals surface area contributed by atoms with Crippen LogP contribution in [-0.2, 0) is 0 Å². The number of ether oxygens (including phenoxy) is 1. The molecule has 0 bridgehead atoms. The van der Waals surface area contributed by atoms with Crippen molar-refractivity contribution in [2.75, 3.05) is 6.61 Å². The molecule has 0 saturated heterocycles. The largest absolute Gasteiger partial charge is 0.489 e. The van der Waals surface area contributed by atoms with Crippen LogP contribution in [0.1, 0.15) is 6.92 Å². The predicted molar refractivity (Wildman–Crippen MR) is 60.6 cm³/mol. The van der Waals surface area contributed by atoms with E-state index >= 15 is 0 Å². The first-order chi connectivity index (χ1) is 7.13. The fraction of sp³-hybridized carbons (Fsp3) is 0.200. The standard InChI is InChI=1S/C10H10ClN3O/c1-7(2)6-15-10-5-8(11)3-4-9(10)13-14-12/h3-5H,1,6H2,2H3. The molecule has 4 nitrogen and oxygen atoms in total. The zero-order valence-electron chi connectivity index (χ0n) is 8.27. The van der Waals surface area contributed by atoms with Gasteiger partial charge in [-0.3, -0.25) is 0 Å². The van der Waals surface area contributed by atoms with E-state index in [0.29, 0.717) is 23.1 Å². The van der Waals surface area contributed by atoms with E-state index in [0.717, 1.165) is 5.57 Å². The lowest BCUT2D eigenvalue weighted by atomic mass is 10.3. The Labute approximate surface area is 92.8 Å². The topological polar surface area (TPSA) is 58.0 Å². The van der Waals surface area contributed by atoms with Crippen LogP contribution < -0.4 is 4.74 Å². The summed E-state index contributed by atoms with van der Waals surface area (Å²) in [4.78, 5) is 2.70. The molecule has 0 aliphatic rings. The zero-order valence-corrected chi connectivity index (χ0v) is 9.03. The maximum absolute atomic E-state index is 8.34. The molecular formula is C10H10ClN3O. The van der Waals surface area contributed by atoms with Gasteiger partial charge in [0.2, 0.25) is 0 Å². The Morgan fingerprint density at radius 2 is 2.40 bits per heavy atom. The average molecular weight is 224 g/mol. The van der Waals surface area contributed by atoms with Gasteiger partial charge in [-0.15, -0.1) is 0 Å². The highest BCUT2D eigenvalue weighted by Crippen LogP contribution is 2.30. The van der Waals surface area contributed by atoms with Crippen molar-refractivity contribution < 1.29 is 4.74 Å². The summed E-state index contributed by atoms with van der Waals surface area (Å²) in [7, 11) is 0. The van der Waals surface area contributed by atoms with Crippen LogP contribution in [0.2, 0.25) is 5.02 Å². The molecule has 78 valence electrons.